The first-order chi connectivity index (χ1) is 7.04. The number of thioether (sulfide) groups is 2. The lowest BCUT2D eigenvalue weighted by Crippen LogP contribution is -2.22. The Bertz CT molecular complexity index is 218. The van der Waals surface area contributed by atoms with Crippen LogP contribution in [0, 0.1) is 0 Å². The Hall–Kier alpha value is -0.560. The van der Waals surface area contributed by atoms with Gasteiger partial charge in [0.15, 0.2) is 0 Å². The SMILES string of the molecule is CC1(C=NO)SCCCS1.CNC(=O)O. The Balaban J connectivity index is 0.000000336. The fraction of sp³-hybridized carbons (Fsp3) is 0.750. The maximum absolute atomic E-state index is 9.26. The number of carboxylic acid groups (broad SMARTS) is 1. The number of oxime groups is 1. The van der Waals surface area contributed by atoms with E-state index in [4.69, 9.17) is 10.3 Å². The number of carbonyl (C=O) groups is 1. The zero-order valence-corrected chi connectivity index (χ0v) is 10.4. The quantitative estimate of drug-likeness (QED) is 0.377. The molecule has 0 aromatic carbocycles. The van der Waals surface area contributed by atoms with Crippen LogP contribution in [0.25, 0.3) is 0 Å². The molecule has 7 heteroatoms. The summed E-state index contributed by atoms with van der Waals surface area (Å²) in [6.07, 6.45) is 1.89. The first-order valence-electron chi connectivity index (χ1n) is 4.41. The van der Waals surface area contributed by atoms with Gasteiger partial charge in [-0.1, -0.05) is 5.16 Å². The smallest absolute Gasteiger partial charge is 0.404 e. The van der Waals surface area contributed by atoms with Crippen molar-refractivity contribution < 1.29 is 15.1 Å². The van der Waals surface area contributed by atoms with Crippen LogP contribution in [0.15, 0.2) is 5.16 Å². The summed E-state index contributed by atoms with van der Waals surface area (Å²) in [6, 6.07) is 0. The van der Waals surface area contributed by atoms with Crippen molar-refractivity contribution in [2.75, 3.05) is 18.6 Å². The van der Waals surface area contributed by atoms with Crippen LogP contribution in [0.2, 0.25) is 0 Å². The van der Waals surface area contributed by atoms with Crippen molar-refractivity contribution in [1.82, 2.24) is 5.32 Å². The van der Waals surface area contributed by atoms with Crippen molar-refractivity contribution in [3.63, 3.8) is 0 Å². The van der Waals surface area contributed by atoms with E-state index in [2.05, 4.69) is 12.1 Å². The second-order valence-electron chi connectivity index (χ2n) is 2.87. The lowest BCUT2D eigenvalue weighted by Gasteiger charge is -2.27. The predicted octanol–water partition coefficient (Wildman–Crippen LogP) is 1.92. The third kappa shape index (κ3) is 7.38. The Morgan fingerprint density at radius 3 is 2.33 bits per heavy atom. The van der Waals surface area contributed by atoms with Crippen LogP contribution in [0.1, 0.15) is 13.3 Å². The average Bonchev–Trinajstić information content (AvgIpc) is 2.19. The van der Waals surface area contributed by atoms with Crippen LogP contribution in [0.5, 0.6) is 0 Å². The van der Waals surface area contributed by atoms with E-state index in [1.165, 1.54) is 25.0 Å². The minimum Gasteiger partial charge on any atom is -0.465 e. The molecule has 1 aliphatic heterocycles. The van der Waals surface area contributed by atoms with Gasteiger partial charge < -0.3 is 15.6 Å². The van der Waals surface area contributed by atoms with Gasteiger partial charge in [0.25, 0.3) is 0 Å². The molecule has 1 amide bonds. The van der Waals surface area contributed by atoms with Gasteiger partial charge in [-0.15, -0.1) is 23.5 Å². The molecule has 0 saturated carbocycles. The molecule has 0 bridgehead atoms. The van der Waals surface area contributed by atoms with Crippen molar-refractivity contribution in [2.24, 2.45) is 5.16 Å². The lowest BCUT2D eigenvalue weighted by atomic mass is 10.5. The van der Waals surface area contributed by atoms with Gasteiger partial charge in [0.05, 0.1) is 10.3 Å². The largest absolute Gasteiger partial charge is 0.465 e. The summed E-state index contributed by atoms with van der Waals surface area (Å²) in [7, 11) is 1.35. The van der Waals surface area contributed by atoms with Gasteiger partial charge in [-0.3, -0.25) is 0 Å². The Morgan fingerprint density at radius 2 is 2.00 bits per heavy atom. The van der Waals surface area contributed by atoms with E-state index in [1.807, 2.05) is 28.8 Å². The van der Waals surface area contributed by atoms with Crippen molar-refractivity contribution in [1.29, 1.82) is 0 Å². The number of hydrogen-bond donors (Lipinski definition) is 3. The van der Waals surface area contributed by atoms with E-state index in [-0.39, 0.29) is 4.08 Å². The maximum Gasteiger partial charge on any atom is 0.404 e. The Kier molecular flexibility index (Phi) is 7.41. The molecule has 0 radical (unpaired) electrons. The number of hydrogen-bond acceptors (Lipinski definition) is 5. The molecule has 1 heterocycles. The minimum atomic E-state index is -0.995. The normalized spacial score (nSPS) is 19.1. The highest BCUT2D eigenvalue weighted by atomic mass is 32.2. The summed E-state index contributed by atoms with van der Waals surface area (Å²) < 4.78 is 0.0208. The van der Waals surface area contributed by atoms with Crippen LogP contribution in [-0.4, -0.2) is 45.3 Å². The molecule has 0 unspecified atom stereocenters. The lowest BCUT2D eigenvalue weighted by molar-refractivity contribution is 0.197. The molecule has 1 saturated heterocycles. The van der Waals surface area contributed by atoms with Gasteiger partial charge in [0.2, 0.25) is 0 Å². The molecular formula is C8H16N2O3S2. The van der Waals surface area contributed by atoms with Crippen LogP contribution in [-0.2, 0) is 0 Å². The predicted molar refractivity (Wildman–Crippen MR) is 65.3 cm³/mol. The fourth-order valence-electron chi connectivity index (χ4n) is 0.830. The van der Waals surface area contributed by atoms with E-state index < -0.39 is 6.09 Å². The third-order valence-electron chi connectivity index (χ3n) is 1.57. The monoisotopic (exact) mass is 252 g/mol. The molecule has 0 aromatic heterocycles. The summed E-state index contributed by atoms with van der Waals surface area (Å²) >= 11 is 3.69. The Morgan fingerprint density at radius 1 is 1.53 bits per heavy atom. The van der Waals surface area contributed by atoms with Crippen LogP contribution >= 0.6 is 23.5 Å². The third-order valence-corrected chi connectivity index (χ3v) is 4.62. The Labute approximate surface area is 97.7 Å². The molecule has 88 valence electrons. The molecular weight excluding hydrogens is 236 g/mol. The topological polar surface area (TPSA) is 81.9 Å². The standard InChI is InChI=1S/C6H11NOS2.C2H5NO2/c1-6(5-7-8)9-3-2-4-10-6;1-3-2(4)5/h5,8H,2-4H2,1H3;3H,1H3,(H,4,5). The molecule has 15 heavy (non-hydrogen) atoms. The van der Waals surface area contributed by atoms with Gasteiger partial charge >= 0.3 is 6.09 Å². The average molecular weight is 252 g/mol. The number of amides is 1. The van der Waals surface area contributed by atoms with Crippen LogP contribution < -0.4 is 5.32 Å². The van der Waals surface area contributed by atoms with Gasteiger partial charge in [0.1, 0.15) is 0 Å². The number of nitrogens with zero attached hydrogens (tertiary/aromatic N) is 1. The second-order valence-corrected chi connectivity index (χ2v) is 6.21. The molecule has 0 atom stereocenters. The summed E-state index contributed by atoms with van der Waals surface area (Å²) in [5.74, 6) is 2.35. The van der Waals surface area contributed by atoms with Crippen LogP contribution in [0.4, 0.5) is 4.79 Å². The molecule has 1 aliphatic rings. The first-order valence-corrected chi connectivity index (χ1v) is 6.38. The molecule has 3 N–H and O–H groups in total. The van der Waals surface area contributed by atoms with E-state index in [1.54, 1.807) is 6.21 Å². The van der Waals surface area contributed by atoms with Gasteiger partial charge in [-0.05, 0) is 24.9 Å². The summed E-state index contributed by atoms with van der Waals surface area (Å²) in [5, 5.41) is 20.9. The van der Waals surface area contributed by atoms with Gasteiger partial charge in [-0.25, -0.2) is 4.79 Å². The van der Waals surface area contributed by atoms with Gasteiger partial charge in [0, 0.05) is 7.05 Å². The summed E-state index contributed by atoms with van der Waals surface area (Å²) in [4.78, 5) is 9.26. The van der Waals surface area contributed by atoms with Crippen molar-refractivity contribution >= 4 is 35.8 Å². The van der Waals surface area contributed by atoms with Crippen molar-refractivity contribution in [2.45, 2.75) is 17.4 Å². The fourth-order valence-corrected chi connectivity index (χ4v) is 3.48. The molecule has 1 rings (SSSR count). The second kappa shape index (κ2) is 7.70. The number of nitrogens with one attached hydrogen (secondary N) is 1. The van der Waals surface area contributed by atoms with Crippen molar-refractivity contribution in [3.05, 3.63) is 0 Å². The van der Waals surface area contributed by atoms with E-state index in [0.717, 1.165) is 0 Å². The molecule has 0 aliphatic carbocycles. The van der Waals surface area contributed by atoms with Crippen LogP contribution in [0.3, 0.4) is 0 Å². The molecule has 0 spiro atoms. The van der Waals surface area contributed by atoms with Gasteiger partial charge in [-0.2, -0.15) is 0 Å². The molecule has 5 nitrogen and oxygen atoms in total. The first kappa shape index (κ1) is 14.4. The highest BCUT2D eigenvalue weighted by molar-refractivity contribution is 8.19. The van der Waals surface area contributed by atoms with E-state index in [0.29, 0.717) is 0 Å². The maximum atomic E-state index is 9.26. The highest BCUT2D eigenvalue weighted by Crippen LogP contribution is 2.39. The molecule has 0 aromatic rings. The summed E-state index contributed by atoms with van der Waals surface area (Å²) in [6.45, 7) is 2.08. The van der Waals surface area contributed by atoms with E-state index in [9.17, 15) is 4.79 Å². The van der Waals surface area contributed by atoms with E-state index >= 15 is 0 Å². The zero-order valence-electron chi connectivity index (χ0n) is 8.77. The molecule has 1 fully saturated rings. The van der Waals surface area contributed by atoms with Crippen molar-refractivity contribution in [3.8, 4) is 0 Å². The highest BCUT2D eigenvalue weighted by Gasteiger charge is 2.26. The minimum absolute atomic E-state index is 0.0208. The number of rotatable bonds is 1. The summed E-state index contributed by atoms with van der Waals surface area (Å²) in [5.41, 5.74) is 0. The zero-order chi connectivity index (χ0) is 11.7.